The number of pyridine rings is 1. The van der Waals surface area contributed by atoms with Crippen LogP contribution < -0.4 is 0 Å². The van der Waals surface area contributed by atoms with Gasteiger partial charge in [-0.05, 0) is 12.1 Å². The molecule has 2 rings (SSSR count). The van der Waals surface area contributed by atoms with E-state index < -0.39 is 9.84 Å². The molecule has 0 radical (unpaired) electrons. The first-order valence-electron chi connectivity index (χ1n) is 4.76. The Bertz CT molecular complexity index is 743. The molecule has 0 bridgehead atoms. The summed E-state index contributed by atoms with van der Waals surface area (Å²) >= 11 is 0. The highest BCUT2D eigenvalue weighted by atomic mass is 32.2. The van der Waals surface area contributed by atoms with Gasteiger partial charge in [0.2, 0.25) is 9.84 Å². The van der Waals surface area contributed by atoms with Crippen LogP contribution in [0.2, 0.25) is 0 Å². The third-order valence-electron chi connectivity index (χ3n) is 2.30. The van der Waals surface area contributed by atoms with E-state index in [9.17, 15) is 8.42 Å². The SMILES string of the molecule is C=CS(=O)(=O)c1nc2ccccc2cc1C#N. The van der Waals surface area contributed by atoms with Gasteiger partial charge in [-0.1, -0.05) is 24.8 Å². The quantitative estimate of drug-likeness (QED) is 0.810. The number of hydrogen-bond donors (Lipinski definition) is 0. The summed E-state index contributed by atoms with van der Waals surface area (Å²) in [7, 11) is -3.70. The summed E-state index contributed by atoms with van der Waals surface area (Å²) in [6, 6.07) is 10.4. The van der Waals surface area contributed by atoms with Crippen molar-refractivity contribution in [3.8, 4) is 6.07 Å². The fourth-order valence-electron chi connectivity index (χ4n) is 1.47. The molecule has 0 spiro atoms. The molecule has 4 nitrogen and oxygen atoms in total. The lowest BCUT2D eigenvalue weighted by molar-refractivity contribution is 0.601. The first kappa shape index (κ1) is 11.3. The standard InChI is InChI=1S/C12H8N2O2S/c1-2-17(15,16)12-10(8-13)7-9-5-3-4-6-11(9)14-12/h2-7H,1H2. The molecular formula is C12H8N2O2S. The zero-order valence-electron chi connectivity index (χ0n) is 8.79. The van der Waals surface area contributed by atoms with Crippen molar-refractivity contribution in [1.29, 1.82) is 5.26 Å². The second-order valence-electron chi connectivity index (χ2n) is 3.36. The third kappa shape index (κ3) is 1.90. The van der Waals surface area contributed by atoms with Gasteiger partial charge in [-0.2, -0.15) is 5.26 Å². The van der Waals surface area contributed by atoms with Crippen molar-refractivity contribution >= 4 is 20.7 Å². The van der Waals surface area contributed by atoms with E-state index in [1.807, 2.05) is 6.07 Å². The number of rotatable bonds is 2. The highest BCUT2D eigenvalue weighted by molar-refractivity contribution is 7.94. The molecule has 0 N–H and O–H groups in total. The van der Waals surface area contributed by atoms with E-state index in [-0.39, 0.29) is 10.6 Å². The average molecular weight is 244 g/mol. The molecular weight excluding hydrogens is 236 g/mol. The van der Waals surface area contributed by atoms with E-state index in [0.717, 1.165) is 10.8 Å². The Morgan fingerprint density at radius 3 is 2.71 bits per heavy atom. The fourth-order valence-corrected chi connectivity index (χ4v) is 2.27. The largest absolute Gasteiger partial charge is 0.235 e. The number of nitrogens with zero attached hydrogens (tertiary/aromatic N) is 2. The van der Waals surface area contributed by atoms with Gasteiger partial charge in [0.05, 0.1) is 11.1 Å². The number of fused-ring (bicyclic) bond motifs is 1. The molecule has 0 saturated carbocycles. The summed E-state index contributed by atoms with van der Waals surface area (Å²) in [6.07, 6.45) is 0. The lowest BCUT2D eigenvalue weighted by Gasteiger charge is -2.03. The molecule has 0 amide bonds. The van der Waals surface area contributed by atoms with Crippen molar-refractivity contribution in [3.63, 3.8) is 0 Å². The Morgan fingerprint density at radius 2 is 2.06 bits per heavy atom. The molecule has 0 fully saturated rings. The second-order valence-corrected chi connectivity index (χ2v) is 5.17. The van der Waals surface area contributed by atoms with Gasteiger partial charge in [0.1, 0.15) is 6.07 Å². The van der Waals surface area contributed by atoms with Crippen LogP contribution in [0.3, 0.4) is 0 Å². The topological polar surface area (TPSA) is 70.8 Å². The maximum absolute atomic E-state index is 11.7. The zero-order chi connectivity index (χ0) is 12.5. The van der Waals surface area contributed by atoms with Gasteiger partial charge in [-0.15, -0.1) is 0 Å². The summed E-state index contributed by atoms with van der Waals surface area (Å²) in [5.74, 6) is 0. The van der Waals surface area contributed by atoms with Crippen LogP contribution >= 0.6 is 0 Å². The van der Waals surface area contributed by atoms with Crippen LogP contribution in [0.25, 0.3) is 10.9 Å². The van der Waals surface area contributed by atoms with Crippen LogP contribution in [0.15, 0.2) is 47.3 Å². The van der Waals surface area contributed by atoms with E-state index in [1.54, 1.807) is 24.3 Å². The van der Waals surface area contributed by atoms with E-state index >= 15 is 0 Å². The van der Waals surface area contributed by atoms with Gasteiger partial charge in [0.25, 0.3) is 0 Å². The molecule has 2 aromatic rings. The lowest BCUT2D eigenvalue weighted by Crippen LogP contribution is -2.03. The number of para-hydroxylation sites is 1. The van der Waals surface area contributed by atoms with Crippen molar-refractivity contribution in [2.75, 3.05) is 0 Å². The van der Waals surface area contributed by atoms with Gasteiger partial charge in [0.15, 0.2) is 5.03 Å². The molecule has 1 aromatic carbocycles. The number of benzene rings is 1. The normalized spacial score (nSPS) is 11.0. The molecule has 0 aliphatic carbocycles. The smallest absolute Gasteiger partial charge is 0.217 e. The number of hydrogen-bond acceptors (Lipinski definition) is 4. The summed E-state index contributed by atoms with van der Waals surface area (Å²) < 4.78 is 23.4. The van der Waals surface area contributed by atoms with Gasteiger partial charge in [-0.3, -0.25) is 0 Å². The number of sulfone groups is 1. The van der Waals surface area contributed by atoms with E-state index in [2.05, 4.69) is 11.6 Å². The molecule has 0 unspecified atom stereocenters. The molecule has 84 valence electrons. The summed E-state index contributed by atoms with van der Waals surface area (Å²) in [5.41, 5.74) is 0.565. The molecule has 0 aliphatic rings. The third-order valence-corrected chi connectivity index (χ3v) is 3.59. The molecule has 5 heteroatoms. The fraction of sp³-hybridized carbons (Fsp3) is 0. The Kier molecular flexibility index (Phi) is 2.66. The predicted octanol–water partition coefficient (Wildman–Crippen LogP) is 2.02. The Morgan fingerprint density at radius 1 is 1.35 bits per heavy atom. The van der Waals surface area contributed by atoms with Crippen LogP contribution in [-0.4, -0.2) is 13.4 Å². The van der Waals surface area contributed by atoms with Crippen LogP contribution in [0, 0.1) is 11.3 Å². The average Bonchev–Trinajstić information content (AvgIpc) is 2.37. The van der Waals surface area contributed by atoms with Gasteiger partial charge in [-0.25, -0.2) is 13.4 Å². The highest BCUT2D eigenvalue weighted by Crippen LogP contribution is 2.20. The summed E-state index contributed by atoms with van der Waals surface area (Å²) in [5, 5.41) is 10.2. The van der Waals surface area contributed by atoms with Crippen LogP contribution in [0.4, 0.5) is 0 Å². The molecule has 1 aromatic heterocycles. The van der Waals surface area contributed by atoms with E-state index in [4.69, 9.17) is 5.26 Å². The van der Waals surface area contributed by atoms with Crippen molar-refractivity contribution in [3.05, 3.63) is 47.9 Å². The second kappa shape index (κ2) is 4.00. The van der Waals surface area contributed by atoms with Gasteiger partial charge in [0, 0.05) is 10.8 Å². The molecule has 17 heavy (non-hydrogen) atoms. The van der Waals surface area contributed by atoms with E-state index in [1.165, 1.54) is 6.07 Å². The minimum Gasteiger partial charge on any atom is -0.235 e. The number of nitriles is 1. The molecule has 1 heterocycles. The maximum Gasteiger partial charge on any atom is 0.217 e. The minimum absolute atomic E-state index is 0.0311. The molecule has 0 atom stereocenters. The van der Waals surface area contributed by atoms with Crippen LogP contribution in [0.1, 0.15) is 5.56 Å². The van der Waals surface area contributed by atoms with E-state index in [0.29, 0.717) is 5.52 Å². The Hall–Kier alpha value is -2.19. The first-order chi connectivity index (χ1) is 8.08. The van der Waals surface area contributed by atoms with Gasteiger partial charge >= 0.3 is 0 Å². The minimum atomic E-state index is -3.70. The first-order valence-corrected chi connectivity index (χ1v) is 6.30. The maximum atomic E-state index is 11.7. The number of aromatic nitrogens is 1. The monoisotopic (exact) mass is 244 g/mol. The van der Waals surface area contributed by atoms with Gasteiger partial charge < -0.3 is 0 Å². The summed E-state index contributed by atoms with van der Waals surface area (Å²) in [6.45, 7) is 3.23. The summed E-state index contributed by atoms with van der Waals surface area (Å²) in [4.78, 5) is 4.01. The van der Waals surface area contributed by atoms with Crippen LogP contribution in [0.5, 0.6) is 0 Å². The van der Waals surface area contributed by atoms with Crippen LogP contribution in [-0.2, 0) is 9.84 Å². The van der Waals surface area contributed by atoms with Crippen molar-refractivity contribution < 1.29 is 8.42 Å². The Balaban J connectivity index is 2.89. The van der Waals surface area contributed by atoms with Crippen molar-refractivity contribution in [1.82, 2.24) is 4.98 Å². The van der Waals surface area contributed by atoms with Crippen molar-refractivity contribution in [2.24, 2.45) is 0 Å². The molecule has 0 aliphatic heterocycles. The molecule has 0 saturated heterocycles. The van der Waals surface area contributed by atoms with Crippen molar-refractivity contribution in [2.45, 2.75) is 5.03 Å². The Labute approximate surface area is 98.8 Å². The zero-order valence-corrected chi connectivity index (χ0v) is 9.61. The lowest BCUT2D eigenvalue weighted by atomic mass is 10.2. The predicted molar refractivity (Wildman–Crippen MR) is 63.8 cm³/mol. The highest BCUT2D eigenvalue weighted by Gasteiger charge is 2.18.